The number of aliphatic hydroxyl groups excluding tert-OH is 1. The lowest BCUT2D eigenvalue weighted by atomic mass is 9.96. The average Bonchev–Trinajstić information content (AvgIpc) is 2.41. The molecule has 2 N–H and O–H groups in total. The number of methoxy groups -OCH3 is 1. The molecule has 1 aromatic carbocycles. The standard InChI is InChI=1S/C15H25NO4S/c1-10-7-13(20-6)11(2)12(3)14(10)21(18,19)16-8-15(4,5)9-17/h7,16-17H,8-9H2,1-6H3. The highest BCUT2D eigenvalue weighted by molar-refractivity contribution is 7.89. The summed E-state index contributed by atoms with van der Waals surface area (Å²) in [6, 6.07) is 1.73. The summed E-state index contributed by atoms with van der Waals surface area (Å²) < 4.78 is 33.0. The number of hydrogen-bond acceptors (Lipinski definition) is 4. The summed E-state index contributed by atoms with van der Waals surface area (Å²) in [6.45, 7) is 9.05. The number of benzene rings is 1. The zero-order valence-electron chi connectivity index (χ0n) is 13.6. The SMILES string of the molecule is COc1cc(C)c(S(=O)(=O)NCC(C)(C)CO)c(C)c1C. The van der Waals surface area contributed by atoms with Gasteiger partial charge in [-0.3, -0.25) is 0 Å². The van der Waals surface area contributed by atoms with Crippen molar-refractivity contribution in [3.63, 3.8) is 0 Å². The first-order valence-electron chi connectivity index (χ1n) is 6.81. The predicted molar refractivity (Wildman–Crippen MR) is 83.3 cm³/mol. The van der Waals surface area contributed by atoms with Crippen LogP contribution in [0.1, 0.15) is 30.5 Å². The van der Waals surface area contributed by atoms with E-state index in [0.717, 1.165) is 5.56 Å². The Bertz CT molecular complexity index is 621. The molecular weight excluding hydrogens is 290 g/mol. The first-order chi connectivity index (χ1) is 9.55. The quantitative estimate of drug-likeness (QED) is 0.841. The van der Waals surface area contributed by atoms with Gasteiger partial charge in [0, 0.05) is 18.6 Å². The molecule has 6 heteroatoms. The number of nitrogens with one attached hydrogen (secondary N) is 1. The van der Waals surface area contributed by atoms with E-state index in [0.29, 0.717) is 16.9 Å². The molecule has 0 unspecified atom stereocenters. The molecule has 0 bridgehead atoms. The smallest absolute Gasteiger partial charge is 0.241 e. The Labute approximate surface area is 127 Å². The lowest BCUT2D eigenvalue weighted by molar-refractivity contribution is 0.163. The van der Waals surface area contributed by atoms with E-state index in [1.807, 2.05) is 6.92 Å². The lowest BCUT2D eigenvalue weighted by Crippen LogP contribution is -2.36. The summed E-state index contributed by atoms with van der Waals surface area (Å²) in [5.74, 6) is 0.680. The van der Waals surface area contributed by atoms with Crippen LogP contribution in [0, 0.1) is 26.2 Å². The minimum Gasteiger partial charge on any atom is -0.496 e. The largest absolute Gasteiger partial charge is 0.496 e. The molecule has 0 amide bonds. The molecule has 0 saturated heterocycles. The van der Waals surface area contributed by atoms with Crippen LogP contribution in [-0.4, -0.2) is 33.8 Å². The van der Waals surface area contributed by atoms with E-state index >= 15 is 0 Å². The fourth-order valence-corrected chi connectivity index (χ4v) is 3.83. The molecule has 0 saturated carbocycles. The van der Waals surface area contributed by atoms with Crippen LogP contribution in [0.25, 0.3) is 0 Å². The maximum atomic E-state index is 12.6. The predicted octanol–water partition coefficient (Wildman–Crippen LogP) is 1.92. The van der Waals surface area contributed by atoms with Crippen molar-refractivity contribution in [3.05, 3.63) is 22.8 Å². The average molecular weight is 315 g/mol. The van der Waals surface area contributed by atoms with Gasteiger partial charge in [0.1, 0.15) is 5.75 Å². The number of aliphatic hydroxyl groups is 1. The minimum atomic E-state index is -3.63. The normalized spacial score (nSPS) is 12.5. The molecule has 0 atom stereocenters. The summed E-state index contributed by atoms with van der Waals surface area (Å²) in [7, 11) is -2.06. The Hall–Kier alpha value is -1.11. The van der Waals surface area contributed by atoms with Gasteiger partial charge in [-0.05, 0) is 43.5 Å². The first kappa shape index (κ1) is 17.9. The van der Waals surface area contributed by atoms with Crippen LogP contribution in [0.2, 0.25) is 0 Å². The molecule has 0 spiro atoms. The van der Waals surface area contributed by atoms with Gasteiger partial charge in [-0.1, -0.05) is 13.8 Å². The Morgan fingerprint density at radius 2 is 1.81 bits per heavy atom. The molecule has 0 aliphatic heterocycles. The molecule has 0 aliphatic carbocycles. The highest BCUT2D eigenvalue weighted by atomic mass is 32.2. The highest BCUT2D eigenvalue weighted by Gasteiger charge is 2.25. The third-order valence-corrected chi connectivity index (χ3v) is 5.33. The second kappa shape index (κ2) is 6.34. The second-order valence-corrected chi connectivity index (χ2v) is 7.83. The van der Waals surface area contributed by atoms with Gasteiger partial charge in [0.15, 0.2) is 0 Å². The van der Waals surface area contributed by atoms with Crippen molar-refractivity contribution in [2.24, 2.45) is 5.41 Å². The van der Waals surface area contributed by atoms with Crippen molar-refractivity contribution in [3.8, 4) is 5.75 Å². The molecule has 0 aromatic heterocycles. The van der Waals surface area contributed by atoms with Crippen molar-refractivity contribution >= 4 is 10.0 Å². The van der Waals surface area contributed by atoms with Gasteiger partial charge in [-0.2, -0.15) is 0 Å². The van der Waals surface area contributed by atoms with Crippen LogP contribution in [0.15, 0.2) is 11.0 Å². The monoisotopic (exact) mass is 315 g/mol. The molecule has 0 fully saturated rings. The maximum Gasteiger partial charge on any atom is 0.241 e. The lowest BCUT2D eigenvalue weighted by Gasteiger charge is -2.23. The molecule has 1 aromatic rings. The van der Waals surface area contributed by atoms with Crippen molar-refractivity contribution in [2.45, 2.75) is 39.5 Å². The molecular formula is C15H25NO4S. The third-order valence-electron chi connectivity index (χ3n) is 3.64. The van der Waals surface area contributed by atoms with Gasteiger partial charge in [0.25, 0.3) is 0 Å². The zero-order valence-corrected chi connectivity index (χ0v) is 14.4. The molecule has 1 rings (SSSR count). The van der Waals surface area contributed by atoms with Gasteiger partial charge in [0.05, 0.1) is 12.0 Å². The Morgan fingerprint density at radius 1 is 1.24 bits per heavy atom. The van der Waals surface area contributed by atoms with Gasteiger partial charge < -0.3 is 9.84 Å². The van der Waals surface area contributed by atoms with Crippen molar-refractivity contribution < 1.29 is 18.3 Å². The van der Waals surface area contributed by atoms with Crippen LogP contribution in [0.4, 0.5) is 0 Å². The number of rotatable bonds is 6. The number of ether oxygens (including phenoxy) is 1. The van der Waals surface area contributed by atoms with Crippen molar-refractivity contribution in [1.82, 2.24) is 4.72 Å². The van der Waals surface area contributed by atoms with E-state index in [2.05, 4.69) is 4.72 Å². The Morgan fingerprint density at radius 3 is 2.29 bits per heavy atom. The van der Waals surface area contributed by atoms with Gasteiger partial charge in [-0.25, -0.2) is 13.1 Å². The summed E-state index contributed by atoms with van der Waals surface area (Å²) >= 11 is 0. The summed E-state index contributed by atoms with van der Waals surface area (Å²) in [5.41, 5.74) is 1.63. The highest BCUT2D eigenvalue weighted by Crippen LogP contribution is 2.30. The summed E-state index contributed by atoms with van der Waals surface area (Å²) in [6.07, 6.45) is 0. The first-order valence-corrected chi connectivity index (χ1v) is 8.29. The van der Waals surface area contributed by atoms with E-state index in [-0.39, 0.29) is 18.0 Å². The van der Waals surface area contributed by atoms with Crippen LogP contribution >= 0.6 is 0 Å². The number of sulfonamides is 1. The van der Waals surface area contributed by atoms with Gasteiger partial charge >= 0.3 is 0 Å². The Balaban J connectivity index is 3.24. The zero-order chi connectivity index (χ0) is 16.4. The van der Waals surface area contributed by atoms with E-state index < -0.39 is 15.4 Å². The molecule has 0 radical (unpaired) electrons. The Kier molecular flexibility index (Phi) is 5.41. The van der Waals surface area contributed by atoms with Crippen molar-refractivity contribution in [1.29, 1.82) is 0 Å². The van der Waals surface area contributed by atoms with Crippen LogP contribution < -0.4 is 9.46 Å². The van der Waals surface area contributed by atoms with Gasteiger partial charge in [-0.15, -0.1) is 0 Å². The molecule has 0 aliphatic rings. The summed E-state index contributed by atoms with van der Waals surface area (Å²) in [4.78, 5) is 0.287. The van der Waals surface area contributed by atoms with Gasteiger partial charge in [0.2, 0.25) is 10.0 Å². The number of aryl methyl sites for hydroxylation is 1. The van der Waals surface area contributed by atoms with E-state index in [4.69, 9.17) is 4.74 Å². The minimum absolute atomic E-state index is 0.0882. The van der Waals surface area contributed by atoms with E-state index in [1.54, 1.807) is 40.9 Å². The van der Waals surface area contributed by atoms with Crippen molar-refractivity contribution in [2.75, 3.05) is 20.3 Å². The molecule has 5 nitrogen and oxygen atoms in total. The fraction of sp³-hybridized carbons (Fsp3) is 0.600. The topological polar surface area (TPSA) is 75.6 Å². The van der Waals surface area contributed by atoms with E-state index in [9.17, 15) is 13.5 Å². The van der Waals surface area contributed by atoms with E-state index in [1.165, 1.54) is 0 Å². The fourth-order valence-electron chi connectivity index (χ4n) is 2.07. The third kappa shape index (κ3) is 3.96. The molecule has 120 valence electrons. The number of hydrogen-bond donors (Lipinski definition) is 2. The molecule has 21 heavy (non-hydrogen) atoms. The van der Waals surface area contributed by atoms with Crippen LogP contribution in [0.3, 0.4) is 0 Å². The van der Waals surface area contributed by atoms with Crippen LogP contribution in [0.5, 0.6) is 5.75 Å². The second-order valence-electron chi connectivity index (χ2n) is 6.12. The maximum absolute atomic E-state index is 12.6. The molecule has 0 heterocycles. The summed E-state index contributed by atoms with van der Waals surface area (Å²) in [5, 5.41) is 9.23. The van der Waals surface area contributed by atoms with Crippen LogP contribution in [-0.2, 0) is 10.0 Å².